The van der Waals surface area contributed by atoms with Crippen molar-refractivity contribution in [2.75, 3.05) is 5.32 Å². The van der Waals surface area contributed by atoms with E-state index in [4.69, 9.17) is 4.42 Å². The Hall–Kier alpha value is -3.69. The van der Waals surface area contributed by atoms with Gasteiger partial charge in [-0.05, 0) is 35.7 Å². The number of aromatic nitrogens is 1. The smallest absolute Gasteiger partial charge is 0.345 e. The zero-order valence-electron chi connectivity index (χ0n) is 16.5. The molecular formula is C24H19N3O2S. The summed E-state index contributed by atoms with van der Waals surface area (Å²) in [7, 11) is 0. The lowest BCUT2D eigenvalue weighted by molar-refractivity contribution is 0.563. The highest BCUT2D eigenvalue weighted by Gasteiger charge is 2.13. The summed E-state index contributed by atoms with van der Waals surface area (Å²) in [4.78, 5) is 16.9. The first-order valence-corrected chi connectivity index (χ1v) is 10.4. The van der Waals surface area contributed by atoms with Gasteiger partial charge in [-0.2, -0.15) is 5.26 Å². The van der Waals surface area contributed by atoms with Crippen molar-refractivity contribution in [3.8, 4) is 17.3 Å². The van der Waals surface area contributed by atoms with Crippen LogP contribution in [-0.4, -0.2) is 4.98 Å². The van der Waals surface area contributed by atoms with E-state index in [9.17, 15) is 10.1 Å². The molecule has 30 heavy (non-hydrogen) atoms. The number of nitriles is 1. The van der Waals surface area contributed by atoms with E-state index in [0.29, 0.717) is 33.3 Å². The van der Waals surface area contributed by atoms with Gasteiger partial charge in [0.1, 0.15) is 22.2 Å². The van der Waals surface area contributed by atoms with E-state index in [-0.39, 0.29) is 0 Å². The van der Waals surface area contributed by atoms with Crippen molar-refractivity contribution >= 4 is 33.6 Å². The van der Waals surface area contributed by atoms with Crippen LogP contribution in [0, 0.1) is 11.3 Å². The predicted octanol–water partition coefficient (Wildman–Crippen LogP) is 6.02. The molecule has 2 aromatic carbocycles. The topological polar surface area (TPSA) is 78.9 Å². The van der Waals surface area contributed by atoms with Gasteiger partial charge in [-0.15, -0.1) is 11.3 Å². The van der Waals surface area contributed by atoms with Crippen LogP contribution in [-0.2, 0) is 0 Å². The molecule has 0 aliphatic heterocycles. The standard InChI is InChI=1S/C24H19N3O2S/c1-15(2)16-7-9-19(10-8-16)26-13-18(12-25)23-27-21(14-30-23)20-11-17-5-3-4-6-22(17)29-24(20)28/h3-11,13-15,26H,1-2H3. The Kier molecular flexibility index (Phi) is 5.46. The first-order chi connectivity index (χ1) is 14.5. The molecule has 1 N–H and O–H groups in total. The summed E-state index contributed by atoms with van der Waals surface area (Å²) in [6, 6.07) is 19.4. The lowest BCUT2D eigenvalue weighted by Crippen LogP contribution is -2.02. The predicted molar refractivity (Wildman–Crippen MR) is 121 cm³/mol. The average Bonchev–Trinajstić information content (AvgIpc) is 3.24. The number of rotatable bonds is 5. The van der Waals surface area contributed by atoms with E-state index in [1.807, 2.05) is 30.3 Å². The molecule has 0 unspecified atom stereocenters. The maximum Gasteiger partial charge on any atom is 0.345 e. The van der Waals surface area contributed by atoms with Crippen molar-refractivity contribution in [1.82, 2.24) is 4.98 Å². The summed E-state index contributed by atoms with van der Waals surface area (Å²) in [5.41, 5.74) is 3.50. The van der Waals surface area contributed by atoms with E-state index >= 15 is 0 Å². The third kappa shape index (κ3) is 4.02. The van der Waals surface area contributed by atoms with E-state index in [2.05, 4.69) is 42.4 Å². The second kappa shape index (κ2) is 8.36. The molecule has 6 heteroatoms. The van der Waals surface area contributed by atoms with Crippen molar-refractivity contribution in [1.29, 1.82) is 5.26 Å². The molecule has 0 aliphatic rings. The Morgan fingerprint density at radius 1 is 1.20 bits per heavy atom. The van der Waals surface area contributed by atoms with Crippen LogP contribution in [0.1, 0.15) is 30.3 Å². The molecule has 4 aromatic rings. The fraction of sp³-hybridized carbons (Fsp3) is 0.125. The SMILES string of the molecule is CC(C)c1ccc(NC=C(C#N)c2nc(-c3cc4ccccc4oc3=O)cs2)cc1. The number of nitrogens with one attached hydrogen (secondary N) is 1. The minimum atomic E-state index is -0.448. The minimum Gasteiger partial charge on any atom is -0.422 e. The normalized spacial score (nSPS) is 11.6. The van der Waals surface area contributed by atoms with Crippen LogP contribution < -0.4 is 10.9 Å². The van der Waals surface area contributed by atoms with Crippen LogP contribution in [0.4, 0.5) is 5.69 Å². The number of benzene rings is 2. The summed E-state index contributed by atoms with van der Waals surface area (Å²) in [5, 5.41) is 15.8. The van der Waals surface area contributed by atoms with Crippen molar-refractivity contribution in [2.24, 2.45) is 0 Å². The molecule has 0 bridgehead atoms. The first-order valence-electron chi connectivity index (χ1n) is 9.51. The minimum absolute atomic E-state index is 0.380. The molecule has 0 saturated heterocycles. The monoisotopic (exact) mass is 413 g/mol. The number of allylic oxidation sites excluding steroid dienone is 1. The van der Waals surface area contributed by atoms with Gasteiger partial charge in [-0.1, -0.05) is 44.2 Å². The maximum absolute atomic E-state index is 12.4. The number of thiazole rings is 1. The van der Waals surface area contributed by atoms with Crippen molar-refractivity contribution in [3.63, 3.8) is 0 Å². The molecule has 148 valence electrons. The summed E-state index contributed by atoms with van der Waals surface area (Å²) in [6.07, 6.45) is 1.63. The van der Waals surface area contributed by atoms with Gasteiger partial charge in [-0.3, -0.25) is 0 Å². The molecule has 4 rings (SSSR count). The molecule has 0 atom stereocenters. The summed E-state index contributed by atoms with van der Waals surface area (Å²) in [6.45, 7) is 4.29. The molecule has 0 radical (unpaired) electrons. The molecule has 2 aromatic heterocycles. The number of anilines is 1. The highest BCUT2D eigenvalue weighted by Crippen LogP contribution is 2.26. The highest BCUT2D eigenvalue weighted by atomic mass is 32.1. The molecule has 0 saturated carbocycles. The fourth-order valence-electron chi connectivity index (χ4n) is 3.02. The van der Waals surface area contributed by atoms with Crippen LogP contribution in [0.25, 0.3) is 27.8 Å². The summed E-state index contributed by atoms with van der Waals surface area (Å²) >= 11 is 1.31. The Balaban J connectivity index is 1.60. The van der Waals surface area contributed by atoms with E-state index in [1.54, 1.807) is 23.7 Å². The van der Waals surface area contributed by atoms with Gasteiger partial charge in [0, 0.05) is 22.7 Å². The van der Waals surface area contributed by atoms with Gasteiger partial charge in [0.25, 0.3) is 0 Å². The molecule has 0 amide bonds. The Morgan fingerprint density at radius 2 is 1.97 bits per heavy atom. The number of hydrogen-bond donors (Lipinski definition) is 1. The van der Waals surface area contributed by atoms with Crippen molar-refractivity contribution in [3.05, 3.63) is 87.2 Å². The maximum atomic E-state index is 12.4. The zero-order valence-corrected chi connectivity index (χ0v) is 17.4. The van der Waals surface area contributed by atoms with Gasteiger partial charge >= 0.3 is 5.63 Å². The second-order valence-electron chi connectivity index (χ2n) is 7.11. The van der Waals surface area contributed by atoms with Gasteiger partial charge in [0.15, 0.2) is 0 Å². The Morgan fingerprint density at radius 3 is 2.70 bits per heavy atom. The van der Waals surface area contributed by atoms with E-state index in [0.717, 1.165) is 11.1 Å². The molecule has 2 heterocycles. The van der Waals surface area contributed by atoms with Gasteiger partial charge in [-0.25, -0.2) is 9.78 Å². The van der Waals surface area contributed by atoms with Gasteiger partial charge < -0.3 is 9.73 Å². The summed E-state index contributed by atoms with van der Waals surface area (Å²) < 4.78 is 5.39. The quantitative estimate of drug-likeness (QED) is 0.320. The second-order valence-corrected chi connectivity index (χ2v) is 7.97. The first kappa shape index (κ1) is 19.6. The van der Waals surface area contributed by atoms with Crippen LogP contribution in [0.2, 0.25) is 0 Å². The summed E-state index contributed by atoms with van der Waals surface area (Å²) in [5.74, 6) is 0.464. The van der Waals surface area contributed by atoms with Gasteiger partial charge in [0.2, 0.25) is 0 Å². The third-order valence-corrected chi connectivity index (χ3v) is 5.61. The average molecular weight is 414 g/mol. The molecule has 5 nitrogen and oxygen atoms in total. The Bertz CT molecular complexity index is 1330. The van der Waals surface area contributed by atoms with Crippen molar-refractivity contribution < 1.29 is 4.42 Å². The van der Waals surface area contributed by atoms with E-state index < -0.39 is 5.63 Å². The number of hydrogen-bond acceptors (Lipinski definition) is 6. The molecule has 0 spiro atoms. The van der Waals surface area contributed by atoms with Crippen molar-refractivity contribution in [2.45, 2.75) is 19.8 Å². The fourth-order valence-corrected chi connectivity index (χ4v) is 3.81. The van der Waals surface area contributed by atoms with Crippen LogP contribution in [0.3, 0.4) is 0 Å². The molecule has 0 fully saturated rings. The lowest BCUT2D eigenvalue weighted by atomic mass is 10.0. The van der Waals surface area contributed by atoms with Gasteiger partial charge in [0.05, 0.1) is 11.3 Å². The van der Waals surface area contributed by atoms with E-state index in [1.165, 1.54) is 16.9 Å². The lowest BCUT2D eigenvalue weighted by Gasteiger charge is -2.06. The molecular weight excluding hydrogens is 394 g/mol. The van der Waals surface area contributed by atoms with Crippen LogP contribution in [0.5, 0.6) is 0 Å². The van der Waals surface area contributed by atoms with Crippen LogP contribution >= 0.6 is 11.3 Å². The number of fused-ring (bicyclic) bond motifs is 1. The number of para-hydroxylation sites is 1. The number of nitrogens with zero attached hydrogens (tertiary/aromatic N) is 2. The zero-order chi connectivity index (χ0) is 21.1. The largest absolute Gasteiger partial charge is 0.422 e. The highest BCUT2D eigenvalue weighted by molar-refractivity contribution is 7.11. The van der Waals surface area contributed by atoms with Crippen LogP contribution in [0.15, 0.2) is 75.4 Å². The Labute approximate surface area is 177 Å². The molecule has 0 aliphatic carbocycles. The third-order valence-electron chi connectivity index (χ3n) is 4.73.